The number of aromatic nitrogens is 3. The third-order valence-corrected chi connectivity index (χ3v) is 5.52. The van der Waals surface area contributed by atoms with Crippen molar-refractivity contribution in [1.29, 1.82) is 0 Å². The summed E-state index contributed by atoms with van der Waals surface area (Å²) in [5.41, 5.74) is 2.39. The van der Waals surface area contributed by atoms with E-state index in [9.17, 15) is 14.7 Å². The maximum atomic E-state index is 13.6. The quantitative estimate of drug-likeness (QED) is 0.257. The van der Waals surface area contributed by atoms with Crippen molar-refractivity contribution < 1.29 is 9.84 Å². The zero-order valence-electron chi connectivity index (χ0n) is 18.2. The van der Waals surface area contributed by atoms with Crippen molar-refractivity contribution in [2.24, 2.45) is 0 Å². The summed E-state index contributed by atoms with van der Waals surface area (Å²) >= 11 is 6.22. The van der Waals surface area contributed by atoms with E-state index in [4.69, 9.17) is 16.3 Å². The minimum atomic E-state index is -0.292. The van der Waals surface area contributed by atoms with E-state index in [1.165, 1.54) is 15.3 Å². The molecule has 4 aromatic rings. The number of benzene rings is 2. The highest BCUT2D eigenvalue weighted by atomic mass is 35.5. The number of fused-ring (bicyclic) bond motifs is 1. The van der Waals surface area contributed by atoms with Crippen molar-refractivity contribution in [1.82, 2.24) is 14.3 Å². The van der Waals surface area contributed by atoms with Crippen molar-refractivity contribution in [3.63, 3.8) is 0 Å². The Morgan fingerprint density at radius 2 is 1.94 bits per heavy atom. The minimum absolute atomic E-state index is 0.0711. The van der Waals surface area contributed by atoms with Gasteiger partial charge in [0.05, 0.1) is 22.3 Å². The third kappa shape index (κ3) is 4.73. The number of nitrogens with zero attached hydrogens (tertiary/aromatic N) is 2. The molecule has 0 saturated carbocycles. The van der Waals surface area contributed by atoms with Gasteiger partial charge in [0.2, 0.25) is 0 Å². The molecular formula is C24H25ClN4O4. The number of aliphatic hydroxyl groups is 1. The van der Waals surface area contributed by atoms with Crippen LogP contribution in [0.2, 0.25) is 5.02 Å². The Kier molecular flexibility index (Phi) is 6.98. The maximum Gasteiger partial charge on any atom is 0.281 e. The van der Waals surface area contributed by atoms with Crippen LogP contribution in [0, 0.1) is 0 Å². The Bertz CT molecular complexity index is 1390. The smallest absolute Gasteiger partial charge is 0.281 e. The molecule has 9 heteroatoms. The van der Waals surface area contributed by atoms with Crippen molar-refractivity contribution in [2.75, 3.05) is 25.3 Å². The van der Waals surface area contributed by atoms with E-state index in [-0.39, 0.29) is 24.3 Å². The number of aromatic amines is 1. The summed E-state index contributed by atoms with van der Waals surface area (Å²) in [4.78, 5) is 26.6. The summed E-state index contributed by atoms with van der Waals surface area (Å²) in [7, 11) is 0. The third-order valence-electron chi connectivity index (χ3n) is 5.28. The number of hydrogen-bond acceptors (Lipinski definition) is 5. The molecule has 172 valence electrons. The van der Waals surface area contributed by atoms with Gasteiger partial charge in [-0.2, -0.15) is 0 Å². The van der Waals surface area contributed by atoms with Gasteiger partial charge in [0, 0.05) is 42.1 Å². The second-order valence-corrected chi connectivity index (χ2v) is 7.91. The molecule has 8 nitrogen and oxygen atoms in total. The summed E-state index contributed by atoms with van der Waals surface area (Å²) < 4.78 is 8.27. The lowest BCUT2D eigenvalue weighted by atomic mass is 10.1. The van der Waals surface area contributed by atoms with Gasteiger partial charge in [0.1, 0.15) is 6.73 Å². The zero-order valence-corrected chi connectivity index (χ0v) is 18.9. The van der Waals surface area contributed by atoms with Crippen molar-refractivity contribution in [2.45, 2.75) is 19.9 Å². The van der Waals surface area contributed by atoms with Gasteiger partial charge in [-0.3, -0.25) is 14.7 Å². The number of hydrogen-bond donors (Lipinski definition) is 3. The Labute approximate surface area is 195 Å². The largest absolute Gasteiger partial charge is 0.396 e. The Balaban J connectivity index is 1.92. The topological polar surface area (TPSA) is 101 Å². The van der Waals surface area contributed by atoms with Crippen molar-refractivity contribution in [3.8, 4) is 16.9 Å². The second-order valence-electron chi connectivity index (χ2n) is 7.48. The number of aliphatic hydroxyl groups excluding tert-OH is 1. The molecular weight excluding hydrogens is 444 g/mol. The van der Waals surface area contributed by atoms with E-state index >= 15 is 0 Å². The maximum absolute atomic E-state index is 13.6. The first kappa shape index (κ1) is 22.8. The highest BCUT2D eigenvalue weighted by Gasteiger charge is 2.19. The van der Waals surface area contributed by atoms with Gasteiger partial charge < -0.3 is 19.7 Å². The fraction of sp³-hybridized carbons (Fsp3) is 0.250. The predicted molar refractivity (Wildman–Crippen MR) is 130 cm³/mol. The van der Waals surface area contributed by atoms with E-state index in [2.05, 4.69) is 10.4 Å². The molecule has 0 atom stereocenters. The molecule has 0 amide bonds. The van der Waals surface area contributed by atoms with Gasteiger partial charge in [0.15, 0.2) is 0 Å². The number of H-pyrrole nitrogens is 1. The van der Waals surface area contributed by atoms with Crippen LogP contribution >= 0.6 is 11.6 Å². The summed E-state index contributed by atoms with van der Waals surface area (Å²) in [6, 6.07) is 15.8. The van der Waals surface area contributed by atoms with Crippen molar-refractivity contribution in [3.05, 3.63) is 80.3 Å². The number of nitrogens with one attached hydrogen (secondary N) is 2. The van der Waals surface area contributed by atoms with Crippen LogP contribution in [-0.2, 0) is 11.3 Å². The van der Waals surface area contributed by atoms with Crippen LogP contribution in [-0.4, -0.2) is 39.4 Å². The van der Waals surface area contributed by atoms with Gasteiger partial charge in [-0.05, 0) is 43.7 Å². The van der Waals surface area contributed by atoms with E-state index in [1.54, 1.807) is 24.3 Å². The van der Waals surface area contributed by atoms with Crippen LogP contribution in [0.4, 0.5) is 5.69 Å². The molecule has 0 unspecified atom stereocenters. The first-order valence-corrected chi connectivity index (χ1v) is 11.1. The first-order chi connectivity index (χ1) is 16.0. The molecule has 3 N–H and O–H groups in total. The number of pyridine rings is 1. The van der Waals surface area contributed by atoms with Gasteiger partial charge in [-0.1, -0.05) is 29.8 Å². The number of anilines is 1. The van der Waals surface area contributed by atoms with Gasteiger partial charge in [0.25, 0.3) is 11.1 Å². The average molecular weight is 469 g/mol. The van der Waals surface area contributed by atoms with Crippen LogP contribution < -0.4 is 16.4 Å². The SMILES string of the molecule is CCOCNc1cccc(-n2[nH]c3cc(=O)n(CCCO)c(-c4cccc(Cl)c4)c3c2=O)c1. The normalized spacial score (nSPS) is 11.2. The monoisotopic (exact) mass is 468 g/mol. The number of halogens is 1. The second kappa shape index (κ2) is 10.1. The molecule has 2 aromatic carbocycles. The Morgan fingerprint density at radius 1 is 1.12 bits per heavy atom. The van der Waals surface area contributed by atoms with Gasteiger partial charge in [-0.15, -0.1) is 0 Å². The Hall–Kier alpha value is -3.33. The Morgan fingerprint density at radius 3 is 2.70 bits per heavy atom. The molecule has 2 heterocycles. The van der Waals surface area contributed by atoms with E-state index in [1.807, 2.05) is 31.2 Å². The van der Waals surface area contributed by atoms with Crippen LogP contribution in [0.5, 0.6) is 0 Å². The molecule has 0 aliphatic rings. The highest BCUT2D eigenvalue weighted by Crippen LogP contribution is 2.28. The van der Waals surface area contributed by atoms with E-state index < -0.39 is 0 Å². The minimum Gasteiger partial charge on any atom is -0.396 e. The molecule has 0 bridgehead atoms. The molecule has 0 saturated heterocycles. The first-order valence-electron chi connectivity index (χ1n) is 10.7. The lowest BCUT2D eigenvalue weighted by Crippen LogP contribution is -2.23. The van der Waals surface area contributed by atoms with E-state index in [0.717, 1.165) is 5.69 Å². The van der Waals surface area contributed by atoms with Crippen LogP contribution in [0.15, 0.2) is 64.2 Å². The molecule has 0 aliphatic carbocycles. The van der Waals surface area contributed by atoms with Gasteiger partial charge in [-0.25, -0.2) is 4.68 Å². The molecule has 33 heavy (non-hydrogen) atoms. The van der Waals surface area contributed by atoms with Crippen LogP contribution in [0.25, 0.3) is 27.8 Å². The molecule has 0 fully saturated rings. The number of ether oxygens (including phenoxy) is 1. The summed E-state index contributed by atoms with van der Waals surface area (Å²) in [6.07, 6.45) is 0.380. The molecule has 0 radical (unpaired) electrons. The van der Waals surface area contributed by atoms with Crippen LogP contribution in [0.1, 0.15) is 13.3 Å². The molecule has 0 spiro atoms. The average Bonchev–Trinajstić information content (AvgIpc) is 3.13. The van der Waals surface area contributed by atoms with Gasteiger partial charge >= 0.3 is 0 Å². The van der Waals surface area contributed by atoms with E-state index in [0.29, 0.717) is 52.6 Å². The zero-order chi connectivity index (χ0) is 23.4. The van der Waals surface area contributed by atoms with Crippen LogP contribution in [0.3, 0.4) is 0 Å². The standard InChI is InChI=1S/C24H25ClN4O4/c1-2-33-15-26-18-8-4-9-19(13-18)29-24(32)22-20(27-29)14-21(31)28(10-5-11-30)23(22)16-6-3-7-17(25)12-16/h3-4,6-9,12-14,26-27,30H,2,5,10-11,15H2,1H3. The number of rotatable bonds is 9. The molecule has 0 aliphatic heterocycles. The lowest BCUT2D eigenvalue weighted by molar-refractivity contribution is 0.167. The summed E-state index contributed by atoms with van der Waals surface area (Å²) in [5.74, 6) is 0. The lowest BCUT2D eigenvalue weighted by Gasteiger charge is -2.13. The fourth-order valence-electron chi connectivity index (χ4n) is 3.79. The summed E-state index contributed by atoms with van der Waals surface area (Å²) in [6.45, 7) is 3.06. The highest BCUT2D eigenvalue weighted by molar-refractivity contribution is 6.30. The predicted octanol–water partition coefficient (Wildman–Crippen LogP) is 3.59. The molecule has 2 aromatic heterocycles. The molecule has 4 rings (SSSR count). The van der Waals surface area contributed by atoms with Crippen molar-refractivity contribution >= 4 is 28.2 Å². The summed E-state index contributed by atoms with van der Waals surface area (Å²) in [5, 5.41) is 16.4. The fourth-order valence-corrected chi connectivity index (χ4v) is 3.98.